The number of nitriles is 1. The van der Waals surface area contributed by atoms with Crippen molar-refractivity contribution in [3.05, 3.63) is 53.2 Å². The van der Waals surface area contributed by atoms with Crippen molar-refractivity contribution in [2.75, 3.05) is 11.9 Å². The number of hydrogen-bond acceptors (Lipinski definition) is 3. The SMILES string of the molecule is Cc1cc(C)cc(N(C)c2ccc(C#N)cn2)c1. The van der Waals surface area contributed by atoms with Gasteiger partial charge < -0.3 is 4.90 Å². The van der Waals surface area contributed by atoms with E-state index in [0.29, 0.717) is 5.56 Å². The van der Waals surface area contributed by atoms with E-state index in [2.05, 4.69) is 43.1 Å². The Labute approximate surface area is 107 Å². The zero-order valence-corrected chi connectivity index (χ0v) is 10.8. The molecule has 0 unspecified atom stereocenters. The summed E-state index contributed by atoms with van der Waals surface area (Å²) < 4.78 is 0. The molecule has 90 valence electrons. The maximum Gasteiger partial charge on any atom is 0.132 e. The lowest BCUT2D eigenvalue weighted by Crippen LogP contribution is -2.11. The second-order valence-electron chi connectivity index (χ2n) is 4.42. The third-order valence-electron chi connectivity index (χ3n) is 2.81. The topological polar surface area (TPSA) is 39.9 Å². The van der Waals surface area contributed by atoms with Gasteiger partial charge in [0, 0.05) is 18.9 Å². The Morgan fingerprint density at radius 2 is 1.78 bits per heavy atom. The molecule has 0 aliphatic carbocycles. The first-order chi connectivity index (χ1) is 8.60. The number of pyridine rings is 1. The van der Waals surface area contributed by atoms with Gasteiger partial charge in [-0.2, -0.15) is 5.26 Å². The molecule has 0 fully saturated rings. The minimum absolute atomic E-state index is 0.576. The predicted octanol–water partition coefficient (Wildman–Crippen LogP) is 3.34. The van der Waals surface area contributed by atoms with E-state index < -0.39 is 0 Å². The highest BCUT2D eigenvalue weighted by Crippen LogP contribution is 2.23. The van der Waals surface area contributed by atoms with E-state index in [1.54, 1.807) is 12.3 Å². The van der Waals surface area contributed by atoms with Crippen LogP contribution in [0.4, 0.5) is 11.5 Å². The van der Waals surface area contributed by atoms with Crippen LogP contribution in [0.15, 0.2) is 36.5 Å². The van der Waals surface area contributed by atoms with Crippen molar-refractivity contribution < 1.29 is 0 Å². The zero-order chi connectivity index (χ0) is 13.1. The lowest BCUT2D eigenvalue weighted by molar-refractivity contribution is 1.12. The Morgan fingerprint density at radius 3 is 2.28 bits per heavy atom. The maximum absolute atomic E-state index is 8.75. The standard InChI is InChI=1S/C15H15N3/c1-11-6-12(2)8-14(7-11)18(3)15-5-4-13(9-16)10-17-15/h4-8,10H,1-3H3. The molecule has 1 aromatic heterocycles. The average molecular weight is 237 g/mol. The van der Waals surface area contributed by atoms with E-state index in [9.17, 15) is 0 Å². The van der Waals surface area contributed by atoms with Crippen LogP contribution in [0.25, 0.3) is 0 Å². The molecule has 0 aliphatic rings. The van der Waals surface area contributed by atoms with Crippen LogP contribution in [0.1, 0.15) is 16.7 Å². The van der Waals surface area contributed by atoms with Crippen LogP contribution < -0.4 is 4.90 Å². The number of nitrogens with zero attached hydrogens (tertiary/aromatic N) is 3. The molecule has 0 bridgehead atoms. The summed E-state index contributed by atoms with van der Waals surface area (Å²) in [6.45, 7) is 4.16. The van der Waals surface area contributed by atoms with Gasteiger partial charge in [-0.3, -0.25) is 0 Å². The molecular weight excluding hydrogens is 222 g/mol. The molecule has 0 radical (unpaired) electrons. The molecule has 0 spiro atoms. The fourth-order valence-electron chi connectivity index (χ4n) is 1.93. The second kappa shape index (κ2) is 4.89. The summed E-state index contributed by atoms with van der Waals surface area (Å²) in [5.74, 6) is 0.832. The van der Waals surface area contributed by atoms with Crippen molar-refractivity contribution in [3.8, 4) is 6.07 Å². The fraction of sp³-hybridized carbons (Fsp3) is 0.200. The van der Waals surface area contributed by atoms with Gasteiger partial charge >= 0.3 is 0 Å². The molecule has 18 heavy (non-hydrogen) atoms. The largest absolute Gasteiger partial charge is 0.329 e. The molecule has 2 rings (SSSR count). The average Bonchev–Trinajstić information content (AvgIpc) is 2.37. The summed E-state index contributed by atoms with van der Waals surface area (Å²) in [6, 6.07) is 12.1. The van der Waals surface area contributed by atoms with Crippen LogP contribution in [-0.2, 0) is 0 Å². The molecule has 0 amide bonds. The molecule has 0 saturated carbocycles. The minimum Gasteiger partial charge on any atom is -0.329 e. The van der Waals surface area contributed by atoms with E-state index in [1.165, 1.54) is 11.1 Å². The highest BCUT2D eigenvalue weighted by molar-refractivity contribution is 5.61. The third-order valence-corrected chi connectivity index (χ3v) is 2.81. The molecule has 0 saturated heterocycles. The molecule has 3 nitrogen and oxygen atoms in total. The Hall–Kier alpha value is -2.34. The van der Waals surface area contributed by atoms with Crippen molar-refractivity contribution in [2.24, 2.45) is 0 Å². The Morgan fingerprint density at radius 1 is 1.11 bits per heavy atom. The summed E-state index contributed by atoms with van der Waals surface area (Å²) in [4.78, 5) is 6.30. The van der Waals surface area contributed by atoms with Gasteiger partial charge in [0.25, 0.3) is 0 Å². The summed E-state index contributed by atoms with van der Waals surface area (Å²) in [6.07, 6.45) is 1.59. The smallest absolute Gasteiger partial charge is 0.132 e. The predicted molar refractivity (Wildman–Crippen MR) is 72.9 cm³/mol. The second-order valence-corrected chi connectivity index (χ2v) is 4.42. The van der Waals surface area contributed by atoms with Gasteiger partial charge in [-0.05, 0) is 49.2 Å². The molecule has 0 aliphatic heterocycles. The number of benzene rings is 1. The van der Waals surface area contributed by atoms with E-state index in [0.717, 1.165) is 11.5 Å². The van der Waals surface area contributed by atoms with Gasteiger partial charge in [0.05, 0.1) is 5.56 Å². The van der Waals surface area contributed by atoms with E-state index in [1.807, 2.05) is 18.0 Å². The summed E-state index contributed by atoms with van der Waals surface area (Å²) in [5.41, 5.74) is 4.13. The molecule has 3 heteroatoms. The van der Waals surface area contributed by atoms with Crippen LogP contribution in [0.3, 0.4) is 0 Å². The van der Waals surface area contributed by atoms with Crippen molar-refractivity contribution >= 4 is 11.5 Å². The fourth-order valence-corrected chi connectivity index (χ4v) is 1.93. The first-order valence-corrected chi connectivity index (χ1v) is 5.78. The number of aromatic nitrogens is 1. The number of hydrogen-bond donors (Lipinski definition) is 0. The number of rotatable bonds is 2. The van der Waals surface area contributed by atoms with Gasteiger partial charge in [0.15, 0.2) is 0 Å². The van der Waals surface area contributed by atoms with Crippen LogP contribution in [0.5, 0.6) is 0 Å². The van der Waals surface area contributed by atoms with Crippen molar-refractivity contribution in [2.45, 2.75) is 13.8 Å². The van der Waals surface area contributed by atoms with Crippen molar-refractivity contribution in [1.82, 2.24) is 4.98 Å². The summed E-state index contributed by atoms with van der Waals surface area (Å²) in [5, 5.41) is 8.75. The summed E-state index contributed by atoms with van der Waals surface area (Å²) >= 11 is 0. The highest BCUT2D eigenvalue weighted by Gasteiger charge is 2.06. The van der Waals surface area contributed by atoms with Gasteiger partial charge in [0.2, 0.25) is 0 Å². The molecule has 0 N–H and O–H groups in total. The Kier molecular flexibility index (Phi) is 3.29. The number of aryl methyl sites for hydroxylation is 2. The van der Waals surface area contributed by atoms with Crippen molar-refractivity contribution in [3.63, 3.8) is 0 Å². The van der Waals surface area contributed by atoms with Crippen LogP contribution in [0.2, 0.25) is 0 Å². The minimum atomic E-state index is 0.576. The zero-order valence-electron chi connectivity index (χ0n) is 10.8. The quantitative estimate of drug-likeness (QED) is 0.804. The summed E-state index contributed by atoms with van der Waals surface area (Å²) in [7, 11) is 1.97. The van der Waals surface area contributed by atoms with E-state index in [4.69, 9.17) is 5.26 Å². The van der Waals surface area contributed by atoms with Gasteiger partial charge in [-0.1, -0.05) is 6.07 Å². The van der Waals surface area contributed by atoms with Gasteiger partial charge in [-0.25, -0.2) is 4.98 Å². The van der Waals surface area contributed by atoms with Gasteiger partial charge in [0.1, 0.15) is 11.9 Å². The molecule has 1 aromatic carbocycles. The molecule has 1 heterocycles. The number of anilines is 2. The highest BCUT2D eigenvalue weighted by atomic mass is 15.2. The first kappa shape index (κ1) is 12.1. The molecular formula is C15H15N3. The van der Waals surface area contributed by atoms with Gasteiger partial charge in [-0.15, -0.1) is 0 Å². The Balaban J connectivity index is 2.35. The van der Waals surface area contributed by atoms with Crippen LogP contribution in [-0.4, -0.2) is 12.0 Å². The molecule has 0 atom stereocenters. The third kappa shape index (κ3) is 2.49. The van der Waals surface area contributed by atoms with Crippen molar-refractivity contribution in [1.29, 1.82) is 5.26 Å². The van der Waals surface area contributed by atoms with E-state index >= 15 is 0 Å². The lowest BCUT2D eigenvalue weighted by atomic mass is 10.1. The van der Waals surface area contributed by atoms with Crippen LogP contribution >= 0.6 is 0 Å². The normalized spacial score (nSPS) is 9.89. The maximum atomic E-state index is 8.75. The van der Waals surface area contributed by atoms with E-state index in [-0.39, 0.29) is 0 Å². The Bertz CT molecular complexity index is 574. The monoisotopic (exact) mass is 237 g/mol. The van der Waals surface area contributed by atoms with Crippen LogP contribution in [0, 0.1) is 25.2 Å². The lowest BCUT2D eigenvalue weighted by Gasteiger charge is -2.19. The first-order valence-electron chi connectivity index (χ1n) is 5.78. The molecule has 2 aromatic rings.